The maximum Gasteiger partial charge on any atom is 0.306 e. The third kappa shape index (κ3) is 63.6. The van der Waals surface area contributed by atoms with Crippen LogP contribution >= 0.6 is 0 Å². The van der Waals surface area contributed by atoms with Gasteiger partial charge in [-0.2, -0.15) is 0 Å². The molecule has 1 atom stereocenters. The molecule has 0 aliphatic heterocycles. The van der Waals surface area contributed by atoms with E-state index in [0.717, 1.165) is 103 Å². The number of unbranched alkanes of at least 4 members (excludes halogenated alkanes) is 38. The Kier molecular flexibility index (Phi) is 62.7. The van der Waals surface area contributed by atoms with Crippen molar-refractivity contribution < 1.29 is 28.6 Å². The highest BCUT2D eigenvalue weighted by Gasteiger charge is 2.19. The number of hydrogen-bond donors (Lipinski definition) is 0. The summed E-state index contributed by atoms with van der Waals surface area (Å²) in [6, 6.07) is 0. The van der Waals surface area contributed by atoms with Gasteiger partial charge in [-0.15, -0.1) is 0 Å². The molecule has 0 rings (SSSR count). The standard InChI is InChI=1S/C71H126O6/c1-4-7-10-13-16-19-22-25-28-31-33-35-37-40-43-46-49-52-55-58-61-64-70(73)76-67-68(66-75-69(72)63-60-57-54-51-48-45-42-39-30-27-24-21-18-15-12-9-6-3)77-71(74)65-62-59-56-53-50-47-44-41-38-36-34-32-29-26-23-20-17-14-11-8-5-2/h7,10,16,18-19,21,25,27-28,30,33,35,68H,4-6,8-9,11-15,17,20,22-24,26,29,31-32,34,36-67H2,1-3H3/b10-7-,19-16-,21-18-,28-25-,30-27-,35-33-. The molecule has 0 N–H and O–H groups in total. The third-order valence-corrected chi connectivity index (χ3v) is 14.7. The average molecular weight is 1080 g/mol. The molecule has 0 aliphatic rings. The fraction of sp³-hybridized carbons (Fsp3) is 0.789. The average Bonchev–Trinajstić information content (AvgIpc) is 3.43. The van der Waals surface area contributed by atoms with Crippen molar-refractivity contribution in [3.63, 3.8) is 0 Å². The molecule has 0 bridgehead atoms. The van der Waals surface area contributed by atoms with E-state index in [1.54, 1.807) is 0 Å². The van der Waals surface area contributed by atoms with Crippen molar-refractivity contribution in [1.82, 2.24) is 0 Å². The molecule has 1 unspecified atom stereocenters. The van der Waals surface area contributed by atoms with Crippen LogP contribution in [0.25, 0.3) is 0 Å². The minimum absolute atomic E-state index is 0.0791. The Morgan fingerprint density at radius 1 is 0.273 bits per heavy atom. The van der Waals surface area contributed by atoms with Gasteiger partial charge in [0.2, 0.25) is 0 Å². The van der Waals surface area contributed by atoms with Crippen molar-refractivity contribution in [2.75, 3.05) is 13.2 Å². The van der Waals surface area contributed by atoms with Crippen LogP contribution < -0.4 is 0 Å². The van der Waals surface area contributed by atoms with Crippen LogP contribution in [-0.2, 0) is 28.6 Å². The summed E-state index contributed by atoms with van der Waals surface area (Å²) in [5.74, 6) is -0.874. The van der Waals surface area contributed by atoms with E-state index in [0.29, 0.717) is 19.3 Å². The summed E-state index contributed by atoms with van der Waals surface area (Å²) in [6.07, 6.45) is 84.8. The molecule has 0 aromatic carbocycles. The Morgan fingerprint density at radius 2 is 0.506 bits per heavy atom. The second kappa shape index (κ2) is 65.4. The van der Waals surface area contributed by atoms with Crippen molar-refractivity contribution in [2.24, 2.45) is 0 Å². The first-order valence-electron chi connectivity index (χ1n) is 33.4. The van der Waals surface area contributed by atoms with Gasteiger partial charge in [0.15, 0.2) is 6.10 Å². The molecule has 0 fully saturated rings. The molecule has 6 heteroatoms. The van der Waals surface area contributed by atoms with Gasteiger partial charge in [0.1, 0.15) is 13.2 Å². The van der Waals surface area contributed by atoms with Gasteiger partial charge in [0.25, 0.3) is 0 Å². The second-order valence-corrected chi connectivity index (χ2v) is 22.4. The summed E-state index contributed by atoms with van der Waals surface area (Å²) >= 11 is 0. The second-order valence-electron chi connectivity index (χ2n) is 22.4. The third-order valence-electron chi connectivity index (χ3n) is 14.7. The molecule has 0 heterocycles. The van der Waals surface area contributed by atoms with Crippen molar-refractivity contribution in [1.29, 1.82) is 0 Å². The molecule has 0 aliphatic carbocycles. The molecule has 0 saturated carbocycles. The van der Waals surface area contributed by atoms with Crippen LogP contribution in [0.2, 0.25) is 0 Å². The first kappa shape index (κ1) is 73.8. The molecule has 0 amide bonds. The number of hydrogen-bond acceptors (Lipinski definition) is 6. The number of esters is 3. The first-order chi connectivity index (χ1) is 38.0. The van der Waals surface area contributed by atoms with Crippen LogP contribution in [0.4, 0.5) is 0 Å². The molecule has 0 saturated heterocycles. The minimum Gasteiger partial charge on any atom is -0.462 e. The zero-order valence-electron chi connectivity index (χ0n) is 51.2. The molecule has 0 spiro atoms. The van der Waals surface area contributed by atoms with E-state index in [2.05, 4.69) is 93.7 Å². The Hall–Kier alpha value is -3.15. The molecule has 0 aromatic heterocycles. The Morgan fingerprint density at radius 3 is 0.818 bits per heavy atom. The summed E-state index contributed by atoms with van der Waals surface area (Å²) in [5.41, 5.74) is 0. The summed E-state index contributed by atoms with van der Waals surface area (Å²) in [5, 5.41) is 0. The monoisotopic (exact) mass is 1070 g/mol. The number of allylic oxidation sites excluding steroid dienone is 12. The predicted molar refractivity (Wildman–Crippen MR) is 335 cm³/mol. The Balaban J connectivity index is 4.36. The van der Waals surface area contributed by atoms with Crippen LogP contribution in [0.15, 0.2) is 72.9 Å². The maximum atomic E-state index is 12.9. The predicted octanol–water partition coefficient (Wildman–Crippen LogP) is 22.9. The number of ether oxygens (including phenoxy) is 3. The van der Waals surface area contributed by atoms with Crippen LogP contribution in [0.5, 0.6) is 0 Å². The molecule has 0 radical (unpaired) electrons. The number of rotatable bonds is 61. The van der Waals surface area contributed by atoms with Crippen LogP contribution in [0.3, 0.4) is 0 Å². The smallest absolute Gasteiger partial charge is 0.306 e. The largest absolute Gasteiger partial charge is 0.462 e. The molecular formula is C71H126O6. The van der Waals surface area contributed by atoms with Gasteiger partial charge in [-0.25, -0.2) is 0 Å². The summed E-state index contributed by atoms with van der Waals surface area (Å²) < 4.78 is 17.0. The lowest BCUT2D eigenvalue weighted by Crippen LogP contribution is -2.30. The molecule has 6 nitrogen and oxygen atoms in total. The molecular weight excluding hydrogens is 949 g/mol. The normalized spacial score (nSPS) is 12.5. The van der Waals surface area contributed by atoms with E-state index in [9.17, 15) is 14.4 Å². The van der Waals surface area contributed by atoms with E-state index in [-0.39, 0.29) is 31.1 Å². The topological polar surface area (TPSA) is 78.9 Å². The van der Waals surface area contributed by atoms with Gasteiger partial charge >= 0.3 is 17.9 Å². The van der Waals surface area contributed by atoms with Gasteiger partial charge in [-0.05, 0) is 89.9 Å². The highest BCUT2D eigenvalue weighted by Crippen LogP contribution is 2.17. The lowest BCUT2D eigenvalue weighted by Gasteiger charge is -2.18. The van der Waals surface area contributed by atoms with Crippen molar-refractivity contribution in [2.45, 2.75) is 348 Å². The van der Waals surface area contributed by atoms with Gasteiger partial charge in [-0.3, -0.25) is 14.4 Å². The molecule has 77 heavy (non-hydrogen) atoms. The highest BCUT2D eigenvalue weighted by molar-refractivity contribution is 5.71. The summed E-state index contributed by atoms with van der Waals surface area (Å²) in [6.45, 7) is 6.54. The van der Waals surface area contributed by atoms with E-state index >= 15 is 0 Å². The van der Waals surface area contributed by atoms with Crippen LogP contribution in [-0.4, -0.2) is 37.2 Å². The van der Waals surface area contributed by atoms with Crippen molar-refractivity contribution in [3.8, 4) is 0 Å². The van der Waals surface area contributed by atoms with Crippen LogP contribution in [0, 0.1) is 0 Å². The van der Waals surface area contributed by atoms with Crippen molar-refractivity contribution >= 4 is 17.9 Å². The zero-order chi connectivity index (χ0) is 55.7. The quantitative estimate of drug-likeness (QED) is 0.0261. The van der Waals surface area contributed by atoms with E-state index in [1.165, 1.54) is 199 Å². The SMILES string of the molecule is CC/C=C\C/C=C\C/C=C\C/C=C\CCCCCCCCCCC(=O)OCC(COC(=O)CCCCCCCCC/C=C\C/C=C\CCCCC)OC(=O)CCCCCCCCCCCCCCCCCCCCCCC. The van der Waals surface area contributed by atoms with Crippen molar-refractivity contribution in [3.05, 3.63) is 72.9 Å². The van der Waals surface area contributed by atoms with E-state index < -0.39 is 6.10 Å². The summed E-state index contributed by atoms with van der Waals surface area (Å²) in [4.78, 5) is 38.4. The first-order valence-corrected chi connectivity index (χ1v) is 33.4. The van der Waals surface area contributed by atoms with Gasteiger partial charge < -0.3 is 14.2 Å². The van der Waals surface area contributed by atoms with Gasteiger partial charge in [0, 0.05) is 19.3 Å². The van der Waals surface area contributed by atoms with Gasteiger partial charge in [0.05, 0.1) is 0 Å². The molecule has 0 aromatic rings. The number of carbonyl (C=O) groups is 3. The zero-order valence-corrected chi connectivity index (χ0v) is 51.2. The van der Waals surface area contributed by atoms with E-state index in [1.807, 2.05) is 0 Å². The summed E-state index contributed by atoms with van der Waals surface area (Å²) in [7, 11) is 0. The molecule has 446 valence electrons. The van der Waals surface area contributed by atoms with Crippen LogP contribution in [0.1, 0.15) is 342 Å². The highest BCUT2D eigenvalue weighted by atomic mass is 16.6. The lowest BCUT2D eigenvalue weighted by atomic mass is 10.0. The maximum absolute atomic E-state index is 12.9. The van der Waals surface area contributed by atoms with E-state index in [4.69, 9.17) is 14.2 Å². The minimum atomic E-state index is -0.782. The Bertz CT molecular complexity index is 1420. The fourth-order valence-corrected chi connectivity index (χ4v) is 9.70. The van der Waals surface area contributed by atoms with Gasteiger partial charge in [-0.1, -0.05) is 306 Å². The Labute approximate surface area is 478 Å². The lowest BCUT2D eigenvalue weighted by molar-refractivity contribution is -0.167. The number of carbonyl (C=O) groups excluding carboxylic acids is 3. The fourth-order valence-electron chi connectivity index (χ4n) is 9.70.